The molecular formula is C23H27NO6. The molecule has 0 aliphatic carbocycles. The lowest BCUT2D eigenvalue weighted by molar-refractivity contribution is -0.148. The third-order valence-electron chi connectivity index (χ3n) is 4.51. The Morgan fingerprint density at radius 3 is 2.23 bits per heavy atom. The summed E-state index contributed by atoms with van der Waals surface area (Å²) in [6.07, 6.45) is 2.85. The Bertz CT molecular complexity index is 962. The van der Waals surface area contributed by atoms with E-state index in [-0.39, 0.29) is 11.1 Å². The summed E-state index contributed by atoms with van der Waals surface area (Å²) in [5.41, 5.74) is 1.72. The lowest BCUT2D eigenvalue weighted by atomic mass is 9.78. The molecular weight excluding hydrogens is 386 g/mol. The third-order valence-corrected chi connectivity index (χ3v) is 4.51. The Balaban J connectivity index is 2.61. The summed E-state index contributed by atoms with van der Waals surface area (Å²) in [4.78, 5) is 36.7. The molecule has 0 amide bonds. The number of esters is 2. The minimum atomic E-state index is -1.15. The smallest absolute Gasteiger partial charge is 0.336 e. The highest BCUT2D eigenvalue weighted by atomic mass is 16.6. The molecule has 1 atom stereocenters. The maximum atomic E-state index is 12.5. The number of hydrogen-bond donors (Lipinski definition) is 2. The molecule has 0 fully saturated rings. The normalized spacial score (nSPS) is 17.1. The molecule has 1 aromatic carbocycles. The van der Waals surface area contributed by atoms with Crippen LogP contribution in [0.5, 0.6) is 0 Å². The van der Waals surface area contributed by atoms with Gasteiger partial charge in [-0.15, -0.1) is 0 Å². The number of ether oxygens (including phenoxy) is 2. The molecule has 1 unspecified atom stereocenters. The van der Waals surface area contributed by atoms with E-state index in [1.807, 2.05) is 0 Å². The van der Waals surface area contributed by atoms with E-state index in [2.05, 4.69) is 5.32 Å². The van der Waals surface area contributed by atoms with Gasteiger partial charge >= 0.3 is 17.9 Å². The predicted octanol–water partition coefficient (Wildman–Crippen LogP) is 3.53. The average molecular weight is 413 g/mol. The number of methoxy groups -OCH3 is 1. The lowest BCUT2D eigenvalue weighted by Crippen LogP contribution is -2.31. The minimum absolute atomic E-state index is 0.0409. The summed E-state index contributed by atoms with van der Waals surface area (Å²) >= 11 is 0. The highest BCUT2D eigenvalue weighted by Gasteiger charge is 2.37. The zero-order chi connectivity index (χ0) is 22.6. The number of allylic oxidation sites excluding steroid dienone is 2. The van der Waals surface area contributed by atoms with Gasteiger partial charge in [0, 0.05) is 17.5 Å². The number of hydrogen-bond acceptors (Lipinski definition) is 6. The monoisotopic (exact) mass is 413 g/mol. The van der Waals surface area contributed by atoms with Crippen LogP contribution in [0, 0.1) is 0 Å². The van der Waals surface area contributed by atoms with E-state index in [0.29, 0.717) is 22.5 Å². The first-order valence-corrected chi connectivity index (χ1v) is 9.46. The molecule has 1 aromatic rings. The molecule has 0 saturated heterocycles. The Labute approximate surface area is 176 Å². The number of carbonyl (C=O) groups excluding carboxylic acids is 2. The number of carboxylic acids is 1. The second kappa shape index (κ2) is 8.98. The van der Waals surface area contributed by atoms with Gasteiger partial charge in [0.15, 0.2) is 0 Å². The molecule has 0 aromatic heterocycles. The van der Waals surface area contributed by atoms with Crippen molar-refractivity contribution in [2.45, 2.75) is 46.1 Å². The van der Waals surface area contributed by atoms with E-state index in [1.165, 1.54) is 13.2 Å². The van der Waals surface area contributed by atoms with Crippen LogP contribution < -0.4 is 5.32 Å². The van der Waals surface area contributed by atoms with Crippen molar-refractivity contribution in [2.75, 3.05) is 7.11 Å². The van der Waals surface area contributed by atoms with E-state index in [0.717, 1.165) is 0 Å². The van der Waals surface area contributed by atoms with Crippen molar-refractivity contribution in [3.63, 3.8) is 0 Å². The van der Waals surface area contributed by atoms with Gasteiger partial charge in [-0.2, -0.15) is 0 Å². The van der Waals surface area contributed by atoms with E-state index < -0.39 is 29.4 Å². The summed E-state index contributed by atoms with van der Waals surface area (Å²) in [6.45, 7) is 8.65. The highest BCUT2D eigenvalue weighted by Crippen LogP contribution is 2.40. The van der Waals surface area contributed by atoms with E-state index in [4.69, 9.17) is 9.47 Å². The maximum Gasteiger partial charge on any atom is 0.336 e. The Morgan fingerprint density at radius 2 is 1.67 bits per heavy atom. The van der Waals surface area contributed by atoms with Crippen LogP contribution in [0.3, 0.4) is 0 Å². The van der Waals surface area contributed by atoms with Gasteiger partial charge in [-0.25, -0.2) is 14.4 Å². The summed E-state index contributed by atoms with van der Waals surface area (Å²) in [7, 11) is 1.25. The molecule has 2 rings (SSSR count). The largest absolute Gasteiger partial charge is 0.478 e. The molecule has 0 spiro atoms. The van der Waals surface area contributed by atoms with Gasteiger partial charge in [0.05, 0.1) is 24.2 Å². The average Bonchev–Trinajstić information content (AvgIpc) is 2.63. The van der Waals surface area contributed by atoms with Gasteiger partial charge in [-0.05, 0) is 51.8 Å². The molecule has 160 valence electrons. The van der Waals surface area contributed by atoms with Crippen molar-refractivity contribution in [1.29, 1.82) is 0 Å². The summed E-state index contributed by atoms with van der Waals surface area (Å²) in [5.74, 6) is -3.16. The van der Waals surface area contributed by atoms with Crippen LogP contribution in [0.15, 0.2) is 52.9 Å². The van der Waals surface area contributed by atoms with Crippen molar-refractivity contribution < 1.29 is 29.0 Å². The van der Waals surface area contributed by atoms with E-state index >= 15 is 0 Å². The van der Waals surface area contributed by atoms with Crippen LogP contribution in [0.2, 0.25) is 0 Å². The number of aliphatic carboxylic acids is 1. The fourth-order valence-corrected chi connectivity index (χ4v) is 3.39. The number of nitrogens with one attached hydrogen (secondary N) is 1. The highest BCUT2D eigenvalue weighted by molar-refractivity contribution is 5.99. The first-order valence-electron chi connectivity index (χ1n) is 9.46. The van der Waals surface area contributed by atoms with Crippen LogP contribution in [0.4, 0.5) is 0 Å². The van der Waals surface area contributed by atoms with Crippen LogP contribution in [0.1, 0.15) is 51.7 Å². The van der Waals surface area contributed by atoms with Crippen molar-refractivity contribution in [1.82, 2.24) is 5.32 Å². The molecule has 1 aliphatic rings. The van der Waals surface area contributed by atoms with E-state index in [9.17, 15) is 19.5 Å². The number of carbonyl (C=O) groups is 3. The number of carboxylic acid groups (broad SMARTS) is 1. The first kappa shape index (κ1) is 22.9. The first-order chi connectivity index (χ1) is 14.0. The Hall–Kier alpha value is -3.35. The molecule has 0 bridgehead atoms. The van der Waals surface area contributed by atoms with Gasteiger partial charge in [0.2, 0.25) is 0 Å². The molecule has 0 saturated carbocycles. The number of rotatable bonds is 5. The fraction of sp³-hybridized carbons (Fsp3) is 0.348. The molecule has 1 aliphatic heterocycles. The van der Waals surface area contributed by atoms with E-state index in [1.54, 1.807) is 65.0 Å². The van der Waals surface area contributed by atoms with Crippen molar-refractivity contribution in [3.05, 3.63) is 64.0 Å². The Kier molecular flexibility index (Phi) is 6.87. The van der Waals surface area contributed by atoms with Gasteiger partial charge in [-0.1, -0.05) is 24.3 Å². The molecule has 30 heavy (non-hydrogen) atoms. The van der Waals surface area contributed by atoms with Crippen LogP contribution in [0.25, 0.3) is 6.08 Å². The second-order valence-corrected chi connectivity index (χ2v) is 7.93. The van der Waals surface area contributed by atoms with Crippen molar-refractivity contribution >= 4 is 24.0 Å². The summed E-state index contributed by atoms with van der Waals surface area (Å²) in [5, 5.41) is 12.8. The third kappa shape index (κ3) is 5.17. The summed E-state index contributed by atoms with van der Waals surface area (Å²) < 4.78 is 10.2. The minimum Gasteiger partial charge on any atom is -0.478 e. The topological polar surface area (TPSA) is 102 Å². The second-order valence-electron chi connectivity index (χ2n) is 7.93. The van der Waals surface area contributed by atoms with Gasteiger partial charge < -0.3 is 19.9 Å². The zero-order valence-corrected chi connectivity index (χ0v) is 18.0. The van der Waals surface area contributed by atoms with Crippen LogP contribution in [-0.4, -0.2) is 35.7 Å². The molecule has 1 heterocycles. The Morgan fingerprint density at radius 1 is 1.07 bits per heavy atom. The molecule has 0 radical (unpaired) electrons. The van der Waals surface area contributed by atoms with Crippen LogP contribution in [-0.2, 0) is 23.9 Å². The molecule has 7 heteroatoms. The maximum absolute atomic E-state index is 12.5. The van der Waals surface area contributed by atoms with Crippen molar-refractivity contribution in [3.8, 4) is 0 Å². The fourth-order valence-electron chi connectivity index (χ4n) is 3.39. The zero-order valence-electron chi connectivity index (χ0n) is 18.0. The van der Waals surface area contributed by atoms with Gasteiger partial charge in [-0.3, -0.25) is 0 Å². The SMILES string of the molecule is COC(=O)C1=C(C)NC(C)=C(C(=O)O)C1c1ccccc1/C=C/C(=O)OC(C)(C)C. The van der Waals surface area contributed by atoms with Crippen LogP contribution >= 0.6 is 0 Å². The van der Waals surface area contributed by atoms with Gasteiger partial charge in [0.25, 0.3) is 0 Å². The molecule has 7 nitrogen and oxygen atoms in total. The number of benzene rings is 1. The quantitative estimate of drug-likeness (QED) is 0.562. The number of dihydropyridines is 1. The lowest BCUT2D eigenvalue weighted by Gasteiger charge is -2.30. The van der Waals surface area contributed by atoms with Crippen molar-refractivity contribution in [2.24, 2.45) is 0 Å². The standard InChI is InChI=1S/C23H27NO6/c1-13-18(21(26)27)20(19(14(2)24-13)22(28)29-6)16-10-8-7-9-15(16)11-12-17(25)30-23(3,4)5/h7-12,20,24H,1-6H3,(H,26,27)/b12-11+. The summed E-state index contributed by atoms with van der Waals surface area (Å²) in [6, 6.07) is 7.00. The predicted molar refractivity (Wildman–Crippen MR) is 112 cm³/mol. The van der Waals surface area contributed by atoms with Gasteiger partial charge in [0.1, 0.15) is 5.60 Å². The molecule has 2 N–H and O–H groups in total.